The molecule has 0 aromatic heterocycles. The van der Waals surface area contributed by atoms with Crippen LogP contribution in [-0.4, -0.2) is 33.2 Å². The standard InChI is InChI=1S/C16H19ClN2O2S/c1-9(2)18-16-19(10(3)4)15(21)14(22-16)8-11-5-6-13(20)12(17)7-11/h5-10,20H,1-4H3/b14-8-,18-16?. The number of rotatable bonds is 3. The maximum Gasteiger partial charge on any atom is 0.266 e. The number of aromatic hydroxyl groups is 1. The van der Waals surface area contributed by atoms with Crippen molar-refractivity contribution in [2.75, 3.05) is 0 Å². The Balaban J connectivity index is 2.38. The largest absolute Gasteiger partial charge is 0.506 e. The summed E-state index contributed by atoms with van der Waals surface area (Å²) < 4.78 is 0. The second-order valence-electron chi connectivity index (χ2n) is 5.60. The van der Waals surface area contributed by atoms with Gasteiger partial charge in [-0.15, -0.1) is 0 Å². The van der Waals surface area contributed by atoms with Crippen LogP contribution in [0.15, 0.2) is 28.1 Å². The molecular weight excluding hydrogens is 320 g/mol. The molecule has 6 heteroatoms. The average molecular weight is 339 g/mol. The molecule has 1 aromatic carbocycles. The average Bonchev–Trinajstić information content (AvgIpc) is 2.69. The number of hydrogen-bond acceptors (Lipinski definition) is 4. The summed E-state index contributed by atoms with van der Waals surface area (Å²) in [5.74, 6) is -0.0244. The third-order valence-corrected chi connectivity index (χ3v) is 4.29. The number of phenols is 1. The highest BCUT2D eigenvalue weighted by atomic mass is 35.5. The summed E-state index contributed by atoms with van der Waals surface area (Å²) >= 11 is 7.28. The van der Waals surface area contributed by atoms with Crippen molar-refractivity contribution in [2.24, 2.45) is 4.99 Å². The topological polar surface area (TPSA) is 52.9 Å². The number of halogens is 1. The highest BCUT2D eigenvalue weighted by molar-refractivity contribution is 8.18. The SMILES string of the molecule is CC(C)N=C1S/C(=C\c2ccc(O)c(Cl)c2)C(=O)N1C(C)C. The number of amidine groups is 1. The van der Waals surface area contributed by atoms with Crippen molar-refractivity contribution >= 4 is 40.5 Å². The molecule has 0 bridgehead atoms. The molecular formula is C16H19ClN2O2S. The molecule has 1 aromatic rings. The maximum absolute atomic E-state index is 12.6. The van der Waals surface area contributed by atoms with Crippen LogP contribution in [0.3, 0.4) is 0 Å². The third kappa shape index (κ3) is 3.65. The van der Waals surface area contributed by atoms with Crippen LogP contribution in [0.2, 0.25) is 5.02 Å². The normalized spacial score (nSPS) is 19.2. The molecule has 0 radical (unpaired) electrons. The lowest BCUT2D eigenvalue weighted by Crippen LogP contribution is -2.35. The van der Waals surface area contributed by atoms with Gasteiger partial charge in [0.2, 0.25) is 0 Å². The van der Waals surface area contributed by atoms with Gasteiger partial charge in [0.1, 0.15) is 5.75 Å². The van der Waals surface area contributed by atoms with Gasteiger partial charge in [0, 0.05) is 12.1 Å². The summed E-state index contributed by atoms with van der Waals surface area (Å²) in [4.78, 5) is 19.4. The maximum atomic E-state index is 12.6. The van der Waals surface area contributed by atoms with E-state index in [9.17, 15) is 9.90 Å². The molecule has 1 heterocycles. The Morgan fingerprint density at radius 2 is 2.00 bits per heavy atom. The molecule has 0 atom stereocenters. The number of phenolic OH excluding ortho intramolecular Hbond substituents is 1. The van der Waals surface area contributed by atoms with E-state index in [0.29, 0.717) is 4.91 Å². The van der Waals surface area contributed by atoms with Gasteiger partial charge in [-0.25, -0.2) is 0 Å². The summed E-state index contributed by atoms with van der Waals surface area (Å²) in [5.41, 5.74) is 0.771. The molecule has 1 aliphatic rings. The minimum atomic E-state index is -0.0522. The number of carbonyl (C=O) groups is 1. The Morgan fingerprint density at radius 3 is 2.55 bits per heavy atom. The second kappa shape index (κ2) is 6.75. The highest BCUT2D eigenvalue weighted by Crippen LogP contribution is 2.35. The number of hydrogen-bond donors (Lipinski definition) is 1. The lowest BCUT2D eigenvalue weighted by molar-refractivity contribution is -0.123. The second-order valence-corrected chi connectivity index (χ2v) is 7.01. The van der Waals surface area contributed by atoms with E-state index in [1.54, 1.807) is 23.1 Å². The summed E-state index contributed by atoms with van der Waals surface area (Å²) in [5, 5.41) is 10.5. The van der Waals surface area contributed by atoms with Crippen molar-refractivity contribution in [3.05, 3.63) is 33.7 Å². The van der Waals surface area contributed by atoms with Crippen molar-refractivity contribution in [1.82, 2.24) is 4.90 Å². The van der Waals surface area contributed by atoms with Gasteiger partial charge in [-0.2, -0.15) is 0 Å². The number of carbonyl (C=O) groups excluding carboxylic acids is 1. The highest BCUT2D eigenvalue weighted by Gasteiger charge is 2.35. The van der Waals surface area contributed by atoms with E-state index >= 15 is 0 Å². The van der Waals surface area contributed by atoms with Gasteiger partial charge >= 0.3 is 0 Å². The summed E-state index contributed by atoms with van der Waals surface area (Å²) in [6.45, 7) is 7.90. The van der Waals surface area contributed by atoms with E-state index in [1.807, 2.05) is 27.7 Å². The van der Waals surface area contributed by atoms with Crippen molar-refractivity contribution in [1.29, 1.82) is 0 Å². The molecule has 1 N–H and O–H groups in total. The lowest BCUT2D eigenvalue weighted by Gasteiger charge is -2.20. The molecule has 1 aliphatic heterocycles. The van der Waals surface area contributed by atoms with E-state index in [-0.39, 0.29) is 28.8 Å². The van der Waals surface area contributed by atoms with Crippen molar-refractivity contribution in [2.45, 2.75) is 39.8 Å². The first-order chi connectivity index (χ1) is 10.3. The fourth-order valence-corrected chi connectivity index (χ4v) is 3.44. The first-order valence-electron chi connectivity index (χ1n) is 7.09. The summed E-state index contributed by atoms with van der Waals surface area (Å²) in [6.07, 6.45) is 1.77. The van der Waals surface area contributed by atoms with Gasteiger partial charge in [0.05, 0.1) is 9.93 Å². The van der Waals surface area contributed by atoms with Gasteiger partial charge in [-0.05, 0) is 63.2 Å². The monoisotopic (exact) mass is 338 g/mol. The van der Waals surface area contributed by atoms with E-state index in [4.69, 9.17) is 11.6 Å². The molecule has 0 unspecified atom stereocenters. The van der Waals surface area contributed by atoms with Gasteiger partial charge in [0.15, 0.2) is 5.17 Å². The number of benzene rings is 1. The van der Waals surface area contributed by atoms with E-state index in [0.717, 1.165) is 10.7 Å². The van der Waals surface area contributed by atoms with Crippen LogP contribution in [0.4, 0.5) is 0 Å². The summed E-state index contributed by atoms with van der Waals surface area (Å²) in [7, 11) is 0. The molecule has 1 amide bonds. The van der Waals surface area contributed by atoms with Crippen LogP contribution >= 0.6 is 23.4 Å². The smallest absolute Gasteiger partial charge is 0.266 e. The van der Waals surface area contributed by atoms with Crippen LogP contribution in [0.25, 0.3) is 6.08 Å². The van der Waals surface area contributed by atoms with Gasteiger partial charge < -0.3 is 5.11 Å². The molecule has 1 fully saturated rings. The van der Waals surface area contributed by atoms with Crippen molar-refractivity contribution < 1.29 is 9.90 Å². The molecule has 4 nitrogen and oxygen atoms in total. The quantitative estimate of drug-likeness (QED) is 0.843. The Bertz CT molecular complexity index is 654. The van der Waals surface area contributed by atoms with E-state index in [2.05, 4.69) is 4.99 Å². The minimum Gasteiger partial charge on any atom is -0.506 e. The Labute approximate surface area is 139 Å². The molecule has 0 aliphatic carbocycles. The molecule has 22 heavy (non-hydrogen) atoms. The first kappa shape index (κ1) is 16.9. The number of nitrogens with zero attached hydrogens (tertiary/aromatic N) is 2. The molecule has 0 saturated carbocycles. The molecule has 2 rings (SSSR count). The first-order valence-corrected chi connectivity index (χ1v) is 8.28. The van der Waals surface area contributed by atoms with Crippen molar-refractivity contribution in [3.8, 4) is 5.75 Å². The van der Waals surface area contributed by atoms with Gasteiger partial charge in [0.25, 0.3) is 5.91 Å². The zero-order chi connectivity index (χ0) is 16.4. The predicted octanol–water partition coefficient (Wildman–Crippen LogP) is 4.13. The van der Waals surface area contributed by atoms with Crippen LogP contribution in [0.1, 0.15) is 33.3 Å². The minimum absolute atomic E-state index is 0.0279. The van der Waals surface area contributed by atoms with Crippen molar-refractivity contribution in [3.63, 3.8) is 0 Å². The Morgan fingerprint density at radius 1 is 1.32 bits per heavy atom. The number of amides is 1. The van der Waals surface area contributed by atoms with Crippen LogP contribution < -0.4 is 0 Å². The van der Waals surface area contributed by atoms with Crippen LogP contribution in [-0.2, 0) is 4.79 Å². The lowest BCUT2D eigenvalue weighted by atomic mass is 10.2. The van der Waals surface area contributed by atoms with E-state index < -0.39 is 0 Å². The van der Waals surface area contributed by atoms with E-state index in [1.165, 1.54) is 17.8 Å². The summed E-state index contributed by atoms with van der Waals surface area (Å²) in [6, 6.07) is 5.04. The van der Waals surface area contributed by atoms with Gasteiger partial charge in [-0.1, -0.05) is 17.7 Å². The van der Waals surface area contributed by atoms with Gasteiger partial charge in [-0.3, -0.25) is 14.7 Å². The third-order valence-electron chi connectivity index (χ3n) is 2.99. The number of aliphatic imine (C=N–C) groups is 1. The zero-order valence-electron chi connectivity index (χ0n) is 13.0. The van der Waals surface area contributed by atoms with Crippen LogP contribution in [0.5, 0.6) is 5.75 Å². The fourth-order valence-electron chi connectivity index (χ4n) is 2.02. The Hall–Kier alpha value is -1.46. The molecule has 118 valence electrons. The fraction of sp³-hybridized carbons (Fsp3) is 0.375. The van der Waals surface area contributed by atoms with Crippen LogP contribution in [0, 0.1) is 0 Å². The molecule has 0 spiro atoms. The Kier molecular flexibility index (Phi) is 5.19. The predicted molar refractivity (Wildman–Crippen MR) is 93.2 cm³/mol. The zero-order valence-corrected chi connectivity index (χ0v) is 14.6. The number of thioether (sulfide) groups is 1. The molecule has 1 saturated heterocycles.